The molecule has 7 heteroatoms. The van der Waals surface area contributed by atoms with Gasteiger partial charge in [-0.05, 0) is 11.5 Å². The monoisotopic (exact) mass is 385 g/mol. The molecule has 2 amide bonds. The van der Waals surface area contributed by atoms with E-state index in [0.29, 0.717) is 13.1 Å². The lowest BCUT2D eigenvalue weighted by Crippen LogP contribution is -2.56. The number of carbonyl (C=O) groups excluding carboxylic acids is 2. The molecule has 0 aromatic heterocycles. The molecule has 2 rings (SSSR count). The van der Waals surface area contributed by atoms with Crippen LogP contribution in [-0.2, 0) is 16.1 Å². The number of rotatable bonds is 6. The number of alkyl halides is 2. The van der Waals surface area contributed by atoms with Crippen molar-refractivity contribution in [1.29, 1.82) is 0 Å². The highest BCUT2D eigenvalue weighted by Crippen LogP contribution is 2.13. The number of amides is 2. The van der Waals surface area contributed by atoms with Gasteiger partial charge in [0.2, 0.25) is 5.91 Å². The minimum atomic E-state index is -1.17. The van der Waals surface area contributed by atoms with Crippen molar-refractivity contribution in [3.05, 3.63) is 35.9 Å². The minimum absolute atomic E-state index is 0.0362. The predicted octanol–water partition coefficient (Wildman–Crippen LogP) is 2.28. The van der Waals surface area contributed by atoms with Crippen molar-refractivity contribution in [2.24, 2.45) is 5.92 Å². The maximum absolute atomic E-state index is 12.8. The zero-order valence-electron chi connectivity index (χ0n) is 14.6. The summed E-state index contributed by atoms with van der Waals surface area (Å²) in [5.74, 6) is -0.638. The number of piperazine rings is 1. The van der Waals surface area contributed by atoms with Crippen molar-refractivity contribution in [3.8, 4) is 0 Å². The number of benzene rings is 1. The lowest BCUT2D eigenvalue weighted by molar-refractivity contribution is -0.139. The third kappa shape index (κ3) is 5.87. The molecule has 1 atom stereocenters. The molecule has 0 aliphatic carbocycles. The molecule has 1 heterocycles. The van der Waals surface area contributed by atoms with Crippen LogP contribution in [0.25, 0.3) is 0 Å². The molecule has 1 fully saturated rings. The Labute approximate surface area is 159 Å². The molecule has 1 aromatic rings. The van der Waals surface area contributed by atoms with Crippen LogP contribution in [0.2, 0.25) is 0 Å². The maximum Gasteiger partial charge on any atom is 0.253 e. The van der Waals surface area contributed by atoms with E-state index in [1.807, 2.05) is 36.9 Å². The van der Waals surface area contributed by atoms with Crippen LogP contribution in [-0.4, -0.2) is 58.7 Å². The van der Waals surface area contributed by atoms with Gasteiger partial charge in [-0.25, -0.2) is 0 Å². The third-order valence-electron chi connectivity index (χ3n) is 4.36. The van der Waals surface area contributed by atoms with Gasteiger partial charge in [-0.2, -0.15) is 0 Å². The molecule has 5 nitrogen and oxygen atoms in total. The summed E-state index contributed by atoms with van der Waals surface area (Å²) in [6, 6.07) is 9.69. The summed E-state index contributed by atoms with van der Waals surface area (Å²) >= 11 is 11.2. The van der Waals surface area contributed by atoms with E-state index >= 15 is 0 Å². The smallest absolute Gasteiger partial charge is 0.253 e. The standard InChI is InChI=1S/C18H25Cl2N3O2/c1-13(2)15(21-17(24)16(19)20)18(25)23-10-8-22(9-11-23)12-14-6-4-3-5-7-14/h3-7,13,15-16H,8-12H2,1-2H3,(H,21,24). The van der Waals surface area contributed by atoms with E-state index in [4.69, 9.17) is 23.2 Å². The molecule has 0 radical (unpaired) electrons. The van der Waals surface area contributed by atoms with Crippen LogP contribution in [0.1, 0.15) is 19.4 Å². The van der Waals surface area contributed by atoms with Gasteiger partial charge in [0.15, 0.2) is 4.84 Å². The van der Waals surface area contributed by atoms with Crippen LogP contribution in [0.4, 0.5) is 0 Å². The van der Waals surface area contributed by atoms with Gasteiger partial charge in [0.1, 0.15) is 6.04 Å². The molecule has 1 saturated heterocycles. The summed E-state index contributed by atoms with van der Waals surface area (Å²) in [6.45, 7) is 7.59. The fourth-order valence-electron chi connectivity index (χ4n) is 2.89. The first kappa shape index (κ1) is 20.0. The predicted molar refractivity (Wildman–Crippen MR) is 101 cm³/mol. The molecule has 0 bridgehead atoms. The van der Waals surface area contributed by atoms with Crippen LogP contribution in [0.5, 0.6) is 0 Å². The van der Waals surface area contributed by atoms with Gasteiger partial charge in [-0.1, -0.05) is 67.4 Å². The maximum atomic E-state index is 12.8. The van der Waals surface area contributed by atoms with E-state index in [1.165, 1.54) is 5.56 Å². The number of nitrogens with zero attached hydrogens (tertiary/aromatic N) is 2. The average molecular weight is 386 g/mol. The largest absolute Gasteiger partial charge is 0.342 e. The zero-order valence-corrected chi connectivity index (χ0v) is 16.1. The van der Waals surface area contributed by atoms with E-state index in [2.05, 4.69) is 22.3 Å². The quantitative estimate of drug-likeness (QED) is 0.764. The lowest BCUT2D eigenvalue weighted by Gasteiger charge is -2.37. The highest BCUT2D eigenvalue weighted by molar-refractivity contribution is 6.53. The summed E-state index contributed by atoms with van der Waals surface area (Å²) in [7, 11) is 0. The SMILES string of the molecule is CC(C)C(NC(=O)C(Cl)Cl)C(=O)N1CCN(Cc2ccccc2)CC1. The number of hydrogen-bond donors (Lipinski definition) is 1. The van der Waals surface area contributed by atoms with Crippen molar-refractivity contribution in [1.82, 2.24) is 15.1 Å². The Balaban J connectivity index is 1.89. The molecular formula is C18H25Cl2N3O2. The van der Waals surface area contributed by atoms with E-state index in [0.717, 1.165) is 19.6 Å². The topological polar surface area (TPSA) is 52.7 Å². The molecule has 1 aliphatic rings. The van der Waals surface area contributed by atoms with Crippen molar-refractivity contribution < 1.29 is 9.59 Å². The van der Waals surface area contributed by atoms with Crippen LogP contribution in [0.3, 0.4) is 0 Å². The van der Waals surface area contributed by atoms with Gasteiger partial charge < -0.3 is 10.2 Å². The number of halogens is 2. The summed E-state index contributed by atoms with van der Waals surface area (Å²) in [5, 5.41) is 2.66. The van der Waals surface area contributed by atoms with Crippen LogP contribution in [0.15, 0.2) is 30.3 Å². The van der Waals surface area contributed by atoms with Gasteiger partial charge in [-0.15, -0.1) is 0 Å². The molecule has 1 aliphatic heterocycles. The highest BCUT2D eigenvalue weighted by atomic mass is 35.5. The Kier molecular flexibility index (Phi) is 7.54. The molecule has 1 aromatic carbocycles. The number of nitrogens with one attached hydrogen (secondary N) is 1. The molecule has 25 heavy (non-hydrogen) atoms. The fourth-order valence-corrected chi connectivity index (χ4v) is 3.02. The Morgan fingerprint density at radius 3 is 2.20 bits per heavy atom. The first-order valence-electron chi connectivity index (χ1n) is 8.52. The highest BCUT2D eigenvalue weighted by Gasteiger charge is 2.31. The molecule has 0 saturated carbocycles. The van der Waals surface area contributed by atoms with E-state index in [1.54, 1.807) is 0 Å². The first-order chi connectivity index (χ1) is 11.9. The Morgan fingerprint density at radius 2 is 1.68 bits per heavy atom. The number of hydrogen-bond acceptors (Lipinski definition) is 3. The zero-order chi connectivity index (χ0) is 18.4. The summed E-state index contributed by atoms with van der Waals surface area (Å²) in [5.41, 5.74) is 1.27. The number of carbonyl (C=O) groups is 2. The summed E-state index contributed by atoms with van der Waals surface area (Å²) < 4.78 is 0. The molecule has 138 valence electrons. The normalized spacial score (nSPS) is 17.0. The van der Waals surface area contributed by atoms with Crippen molar-refractivity contribution >= 4 is 35.0 Å². The minimum Gasteiger partial charge on any atom is -0.342 e. The van der Waals surface area contributed by atoms with Crippen LogP contribution >= 0.6 is 23.2 Å². The van der Waals surface area contributed by atoms with Crippen LogP contribution < -0.4 is 5.32 Å². The van der Waals surface area contributed by atoms with Crippen molar-refractivity contribution in [3.63, 3.8) is 0 Å². The summed E-state index contributed by atoms with van der Waals surface area (Å²) in [6.07, 6.45) is 0. The van der Waals surface area contributed by atoms with Crippen LogP contribution in [0, 0.1) is 5.92 Å². The average Bonchev–Trinajstić information content (AvgIpc) is 2.60. The lowest BCUT2D eigenvalue weighted by atomic mass is 10.0. The second-order valence-electron chi connectivity index (χ2n) is 6.62. The molecule has 0 spiro atoms. The Morgan fingerprint density at radius 1 is 1.08 bits per heavy atom. The van der Waals surface area contributed by atoms with E-state index < -0.39 is 16.8 Å². The van der Waals surface area contributed by atoms with E-state index in [9.17, 15) is 9.59 Å². The third-order valence-corrected chi connectivity index (χ3v) is 4.76. The van der Waals surface area contributed by atoms with E-state index in [-0.39, 0.29) is 11.8 Å². The van der Waals surface area contributed by atoms with Crippen molar-refractivity contribution in [2.45, 2.75) is 31.3 Å². The van der Waals surface area contributed by atoms with Gasteiger partial charge in [0.25, 0.3) is 5.91 Å². The Hall–Kier alpha value is -1.30. The van der Waals surface area contributed by atoms with Gasteiger partial charge in [-0.3, -0.25) is 14.5 Å². The molecule has 1 unspecified atom stereocenters. The molecule has 1 N–H and O–H groups in total. The second kappa shape index (κ2) is 9.41. The first-order valence-corrected chi connectivity index (χ1v) is 9.39. The Bertz CT molecular complexity index is 573. The van der Waals surface area contributed by atoms with Gasteiger partial charge in [0, 0.05) is 32.7 Å². The van der Waals surface area contributed by atoms with Crippen molar-refractivity contribution in [2.75, 3.05) is 26.2 Å². The van der Waals surface area contributed by atoms with Gasteiger partial charge >= 0.3 is 0 Å². The van der Waals surface area contributed by atoms with Gasteiger partial charge in [0.05, 0.1) is 0 Å². The summed E-state index contributed by atoms with van der Waals surface area (Å²) in [4.78, 5) is 27.5. The molecular weight excluding hydrogens is 361 g/mol. The second-order valence-corrected chi connectivity index (χ2v) is 7.71. The fraction of sp³-hybridized carbons (Fsp3) is 0.556.